The molecule has 1 fully saturated rings. The Balaban J connectivity index is 1.87. The molecule has 2 aromatic heterocycles. The zero-order chi connectivity index (χ0) is 14.8. The molecule has 0 aromatic carbocycles. The standard InChI is InChI=1S/C15H18N4OS/c1-10-6-14(18-16)13(7-17-10)15(20)19(12-2-3-12)8-11-4-5-21-9-11/h4-7,9,12H,2-3,8,16H2,1H3,(H,17,18). The summed E-state index contributed by atoms with van der Waals surface area (Å²) in [5.74, 6) is 5.53. The first kappa shape index (κ1) is 14.0. The average Bonchev–Trinajstić information content (AvgIpc) is 3.20. The number of pyridine rings is 1. The van der Waals surface area contributed by atoms with E-state index in [0.717, 1.165) is 18.5 Å². The van der Waals surface area contributed by atoms with Crippen molar-refractivity contribution < 1.29 is 4.79 Å². The van der Waals surface area contributed by atoms with Crippen LogP contribution in [0.15, 0.2) is 29.1 Å². The number of rotatable bonds is 5. The Hall–Kier alpha value is -1.92. The zero-order valence-electron chi connectivity index (χ0n) is 11.9. The van der Waals surface area contributed by atoms with Gasteiger partial charge in [0.05, 0.1) is 11.3 Å². The number of amides is 1. The van der Waals surface area contributed by atoms with E-state index >= 15 is 0 Å². The summed E-state index contributed by atoms with van der Waals surface area (Å²) in [5, 5.41) is 4.11. The van der Waals surface area contributed by atoms with Crippen molar-refractivity contribution in [3.63, 3.8) is 0 Å². The minimum Gasteiger partial charge on any atom is -0.331 e. The number of thiophene rings is 1. The second kappa shape index (κ2) is 5.83. The number of hydrogen-bond acceptors (Lipinski definition) is 5. The van der Waals surface area contributed by atoms with Gasteiger partial charge in [0.1, 0.15) is 0 Å². The lowest BCUT2D eigenvalue weighted by Crippen LogP contribution is -2.33. The number of hydrazine groups is 1. The largest absolute Gasteiger partial charge is 0.331 e. The molecule has 1 aliphatic rings. The van der Waals surface area contributed by atoms with Crippen molar-refractivity contribution >= 4 is 22.9 Å². The molecule has 110 valence electrons. The first-order chi connectivity index (χ1) is 10.2. The number of carbonyl (C=O) groups is 1. The molecule has 0 spiro atoms. The normalized spacial score (nSPS) is 14.0. The Labute approximate surface area is 127 Å². The summed E-state index contributed by atoms with van der Waals surface area (Å²) in [7, 11) is 0. The smallest absolute Gasteiger partial charge is 0.258 e. The lowest BCUT2D eigenvalue weighted by Gasteiger charge is -2.23. The molecule has 1 amide bonds. The maximum Gasteiger partial charge on any atom is 0.258 e. The van der Waals surface area contributed by atoms with Gasteiger partial charge in [-0.2, -0.15) is 11.3 Å². The monoisotopic (exact) mass is 302 g/mol. The molecule has 0 aliphatic heterocycles. The van der Waals surface area contributed by atoms with Crippen LogP contribution in [0.5, 0.6) is 0 Å². The molecule has 3 N–H and O–H groups in total. The van der Waals surface area contributed by atoms with Crippen LogP contribution in [-0.2, 0) is 6.54 Å². The molecule has 0 bridgehead atoms. The van der Waals surface area contributed by atoms with Crippen LogP contribution < -0.4 is 11.3 Å². The van der Waals surface area contributed by atoms with Crippen molar-refractivity contribution in [2.75, 3.05) is 5.43 Å². The second-order valence-corrected chi connectivity index (χ2v) is 6.09. The molecule has 1 saturated carbocycles. The summed E-state index contributed by atoms with van der Waals surface area (Å²) in [6.45, 7) is 2.52. The summed E-state index contributed by atoms with van der Waals surface area (Å²) in [6, 6.07) is 4.19. The minimum absolute atomic E-state index is 0.0100. The van der Waals surface area contributed by atoms with Gasteiger partial charge in [0.15, 0.2) is 0 Å². The van der Waals surface area contributed by atoms with E-state index in [4.69, 9.17) is 5.84 Å². The molecule has 5 nitrogen and oxygen atoms in total. The predicted octanol–water partition coefficient (Wildman–Crippen LogP) is 2.54. The molecule has 21 heavy (non-hydrogen) atoms. The lowest BCUT2D eigenvalue weighted by molar-refractivity contribution is 0.0730. The first-order valence-corrected chi connectivity index (χ1v) is 7.88. The number of nitrogens with one attached hydrogen (secondary N) is 1. The highest BCUT2D eigenvalue weighted by Gasteiger charge is 2.34. The number of aryl methyl sites for hydroxylation is 1. The third-order valence-corrected chi connectivity index (χ3v) is 4.34. The highest BCUT2D eigenvalue weighted by molar-refractivity contribution is 7.07. The van der Waals surface area contributed by atoms with Crippen molar-refractivity contribution in [1.29, 1.82) is 0 Å². The number of nitrogen functional groups attached to an aromatic ring is 1. The summed E-state index contributed by atoms with van der Waals surface area (Å²) >= 11 is 1.65. The summed E-state index contributed by atoms with van der Waals surface area (Å²) in [6.07, 6.45) is 3.75. The van der Waals surface area contributed by atoms with Crippen molar-refractivity contribution in [1.82, 2.24) is 9.88 Å². The maximum absolute atomic E-state index is 12.8. The Bertz CT molecular complexity index is 637. The fourth-order valence-electron chi connectivity index (χ4n) is 2.34. The van der Waals surface area contributed by atoms with E-state index in [1.165, 1.54) is 5.56 Å². The zero-order valence-corrected chi connectivity index (χ0v) is 12.7. The molecular weight excluding hydrogens is 284 g/mol. The second-order valence-electron chi connectivity index (χ2n) is 5.31. The molecule has 3 rings (SSSR count). The molecule has 0 saturated heterocycles. The average molecular weight is 302 g/mol. The van der Waals surface area contributed by atoms with E-state index in [0.29, 0.717) is 23.8 Å². The van der Waals surface area contributed by atoms with Gasteiger partial charge in [0.25, 0.3) is 5.91 Å². The van der Waals surface area contributed by atoms with Gasteiger partial charge < -0.3 is 10.3 Å². The van der Waals surface area contributed by atoms with Gasteiger partial charge in [0.2, 0.25) is 0 Å². The molecule has 1 aliphatic carbocycles. The third-order valence-electron chi connectivity index (χ3n) is 3.61. The van der Waals surface area contributed by atoms with Gasteiger partial charge in [0, 0.05) is 24.5 Å². The Morgan fingerprint density at radius 2 is 2.38 bits per heavy atom. The number of nitrogens with two attached hydrogens (primary N) is 1. The van der Waals surface area contributed by atoms with Gasteiger partial charge in [-0.25, -0.2) is 0 Å². The third kappa shape index (κ3) is 3.06. The van der Waals surface area contributed by atoms with Gasteiger partial charge in [-0.1, -0.05) is 0 Å². The highest BCUT2D eigenvalue weighted by Crippen LogP contribution is 2.31. The van der Waals surface area contributed by atoms with Crippen molar-refractivity contribution in [3.8, 4) is 0 Å². The molecule has 0 unspecified atom stereocenters. The fourth-order valence-corrected chi connectivity index (χ4v) is 3.00. The van der Waals surface area contributed by atoms with Crippen LogP contribution >= 0.6 is 11.3 Å². The first-order valence-electron chi connectivity index (χ1n) is 6.94. The molecule has 2 heterocycles. The predicted molar refractivity (Wildman–Crippen MR) is 84.0 cm³/mol. The number of nitrogens with zero attached hydrogens (tertiary/aromatic N) is 2. The number of hydrogen-bond donors (Lipinski definition) is 2. The van der Waals surface area contributed by atoms with Gasteiger partial charge >= 0.3 is 0 Å². The van der Waals surface area contributed by atoms with Crippen molar-refractivity contribution in [3.05, 3.63) is 45.9 Å². The number of carbonyl (C=O) groups excluding carboxylic acids is 1. The SMILES string of the molecule is Cc1cc(NN)c(C(=O)N(Cc2ccsc2)C2CC2)cn1. The highest BCUT2D eigenvalue weighted by atomic mass is 32.1. The Morgan fingerprint density at radius 3 is 3.00 bits per heavy atom. The fraction of sp³-hybridized carbons (Fsp3) is 0.333. The lowest BCUT2D eigenvalue weighted by atomic mass is 10.1. The molecule has 0 atom stereocenters. The quantitative estimate of drug-likeness (QED) is 0.658. The van der Waals surface area contributed by atoms with Crippen LogP contribution in [0.4, 0.5) is 5.69 Å². The maximum atomic E-state index is 12.8. The number of anilines is 1. The van der Waals surface area contributed by atoms with Crippen LogP contribution in [0.2, 0.25) is 0 Å². The molecule has 0 radical (unpaired) electrons. The summed E-state index contributed by atoms with van der Waals surface area (Å²) in [4.78, 5) is 19.0. The molecule has 2 aromatic rings. The van der Waals surface area contributed by atoms with Crippen molar-refractivity contribution in [2.45, 2.75) is 32.4 Å². The molecule has 6 heteroatoms. The minimum atomic E-state index is -0.0100. The molecular formula is C15H18N4OS. The van der Waals surface area contributed by atoms with E-state index in [1.54, 1.807) is 23.6 Å². The number of aromatic nitrogens is 1. The van der Waals surface area contributed by atoms with E-state index in [9.17, 15) is 4.79 Å². The van der Waals surface area contributed by atoms with Gasteiger partial charge in [-0.05, 0) is 48.2 Å². The Kier molecular flexibility index (Phi) is 3.90. The van der Waals surface area contributed by atoms with E-state index in [-0.39, 0.29) is 5.91 Å². The van der Waals surface area contributed by atoms with Gasteiger partial charge in [-0.3, -0.25) is 15.6 Å². The topological polar surface area (TPSA) is 71.2 Å². The van der Waals surface area contributed by atoms with Crippen LogP contribution in [0, 0.1) is 6.92 Å². The van der Waals surface area contributed by atoms with Crippen LogP contribution in [0.1, 0.15) is 34.5 Å². The van der Waals surface area contributed by atoms with Crippen molar-refractivity contribution in [2.24, 2.45) is 5.84 Å². The van der Waals surface area contributed by atoms with E-state index in [2.05, 4.69) is 21.9 Å². The summed E-state index contributed by atoms with van der Waals surface area (Å²) < 4.78 is 0. The van der Waals surface area contributed by atoms with Crippen LogP contribution in [0.3, 0.4) is 0 Å². The van der Waals surface area contributed by atoms with Crippen LogP contribution in [-0.4, -0.2) is 21.8 Å². The van der Waals surface area contributed by atoms with Gasteiger partial charge in [-0.15, -0.1) is 0 Å². The van der Waals surface area contributed by atoms with Crippen LogP contribution in [0.25, 0.3) is 0 Å². The van der Waals surface area contributed by atoms with E-state index in [1.807, 2.05) is 17.2 Å². The van der Waals surface area contributed by atoms with E-state index < -0.39 is 0 Å². The Morgan fingerprint density at radius 1 is 1.57 bits per heavy atom. The summed E-state index contributed by atoms with van der Waals surface area (Å²) in [5.41, 5.74) is 5.76.